The van der Waals surface area contributed by atoms with Gasteiger partial charge in [0, 0.05) is 17.9 Å². The van der Waals surface area contributed by atoms with E-state index in [0.29, 0.717) is 35.2 Å². The quantitative estimate of drug-likeness (QED) is 0.276. The summed E-state index contributed by atoms with van der Waals surface area (Å²) < 4.78 is 47.0. The van der Waals surface area contributed by atoms with E-state index in [2.05, 4.69) is 20.5 Å². The zero-order valence-corrected chi connectivity index (χ0v) is 25.7. The van der Waals surface area contributed by atoms with Crippen molar-refractivity contribution in [2.24, 2.45) is 17.8 Å². The van der Waals surface area contributed by atoms with Crippen LogP contribution in [-0.2, 0) is 25.5 Å². The van der Waals surface area contributed by atoms with Gasteiger partial charge in [0.25, 0.3) is 5.91 Å². The minimum Gasteiger partial charge on any atom is -0.466 e. The SMILES string of the molecule is CCOC(=O)CC(NC(=O)C1CCc2cc(NC(=O)C(NC(=O)c3ccnn3C(C)C)C(C3CC3)C3CC3)ccc21)C(F)(F)F. The summed E-state index contributed by atoms with van der Waals surface area (Å²) in [6.07, 6.45) is 0.512. The molecule has 2 fully saturated rings. The first kappa shape index (κ1) is 32.5. The highest BCUT2D eigenvalue weighted by atomic mass is 19.4. The van der Waals surface area contributed by atoms with Crippen molar-refractivity contribution >= 4 is 29.4 Å². The Balaban J connectivity index is 1.29. The smallest absolute Gasteiger partial charge is 0.409 e. The summed E-state index contributed by atoms with van der Waals surface area (Å²) in [6, 6.07) is 3.49. The maximum atomic E-state index is 13.8. The van der Waals surface area contributed by atoms with E-state index < -0.39 is 42.5 Å². The topological polar surface area (TPSA) is 131 Å². The maximum Gasteiger partial charge on any atom is 0.409 e. The number of carbonyl (C=O) groups is 4. The van der Waals surface area contributed by atoms with E-state index in [-0.39, 0.29) is 36.8 Å². The van der Waals surface area contributed by atoms with Gasteiger partial charge < -0.3 is 20.7 Å². The number of aromatic nitrogens is 2. The first-order valence-corrected chi connectivity index (χ1v) is 15.7. The van der Waals surface area contributed by atoms with E-state index in [1.807, 2.05) is 19.2 Å². The number of aryl methyl sites for hydroxylation is 1. The largest absolute Gasteiger partial charge is 0.466 e. The molecule has 244 valence electrons. The van der Waals surface area contributed by atoms with Crippen LogP contribution in [0.5, 0.6) is 0 Å². The van der Waals surface area contributed by atoms with Crippen molar-refractivity contribution in [1.29, 1.82) is 0 Å². The van der Waals surface area contributed by atoms with Crippen LogP contribution in [0.4, 0.5) is 18.9 Å². The van der Waals surface area contributed by atoms with Gasteiger partial charge in [-0.15, -0.1) is 0 Å². The minimum atomic E-state index is -4.82. The molecule has 13 heteroatoms. The zero-order valence-electron chi connectivity index (χ0n) is 25.7. The number of halogens is 3. The molecule has 3 N–H and O–H groups in total. The number of alkyl halides is 3. The highest BCUT2D eigenvalue weighted by Crippen LogP contribution is 2.51. The summed E-state index contributed by atoms with van der Waals surface area (Å²) >= 11 is 0. The molecule has 2 saturated carbocycles. The van der Waals surface area contributed by atoms with Crippen LogP contribution in [0.25, 0.3) is 0 Å². The van der Waals surface area contributed by atoms with Crippen molar-refractivity contribution in [3.05, 3.63) is 47.3 Å². The molecular formula is C32H40F3N5O5. The summed E-state index contributed by atoms with van der Waals surface area (Å²) in [6.45, 7) is 5.27. The molecule has 1 aromatic carbocycles. The summed E-state index contributed by atoms with van der Waals surface area (Å²) in [4.78, 5) is 51.9. The lowest BCUT2D eigenvalue weighted by Gasteiger charge is -2.28. The van der Waals surface area contributed by atoms with Crippen molar-refractivity contribution < 1.29 is 37.1 Å². The second kappa shape index (κ2) is 13.2. The third-order valence-corrected chi connectivity index (χ3v) is 8.87. The van der Waals surface area contributed by atoms with Gasteiger partial charge in [0.1, 0.15) is 17.8 Å². The van der Waals surface area contributed by atoms with Gasteiger partial charge >= 0.3 is 12.1 Å². The third kappa shape index (κ3) is 7.67. The average Bonchev–Trinajstić information content (AvgIpc) is 3.89. The molecule has 0 radical (unpaired) electrons. The van der Waals surface area contributed by atoms with Gasteiger partial charge in [-0.25, -0.2) is 0 Å². The van der Waals surface area contributed by atoms with Crippen LogP contribution >= 0.6 is 0 Å². The number of esters is 1. The summed E-state index contributed by atoms with van der Waals surface area (Å²) in [7, 11) is 0. The molecule has 3 aliphatic rings. The molecule has 3 aliphatic carbocycles. The first-order chi connectivity index (χ1) is 21.4. The standard InChI is InChI=1S/C32H40F3N5O5/c1-4-45-26(41)16-25(32(33,34)35)38-29(42)23-11-9-20-15-21(10-12-22(20)23)37-31(44)28(27(18-5-6-18)19-7-8-19)39-30(43)24-13-14-36-40(24)17(2)3/h10,12-15,17-19,23,25,27-28H,4-9,11,16H2,1-3H3,(H,37,44)(H,38,42)(H,39,43). The minimum absolute atomic E-state index is 0.0167. The normalized spacial score (nSPS) is 19.2. The Morgan fingerprint density at radius 2 is 1.71 bits per heavy atom. The molecule has 0 aliphatic heterocycles. The van der Waals surface area contributed by atoms with Crippen LogP contribution in [0.2, 0.25) is 0 Å². The van der Waals surface area contributed by atoms with Gasteiger partial charge in [-0.2, -0.15) is 18.3 Å². The predicted octanol–water partition coefficient (Wildman–Crippen LogP) is 4.67. The fraction of sp³-hybridized carbons (Fsp3) is 0.594. The van der Waals surface area contributed by atoms with Crippen LogP contribution in [0, 0.1) is 17.8 Å². The molecule has 1 heterocycles. The van der Waals surface area contributed by atoms with Gasteiger partial charge in [-0.3, -0.25) is 23.9 Å². The molecule has 3 amide bonds. The van der Waals surface area contributed by atoms with E-state index >= 15 is 0 Å². The van der Waals surface area contributed by atoms with Crippen molar-refractivity contribution in [3.63, 3.8) is 0 Å². The van der Waals surface area contributed by atoms with Gasteiger partial charge in [0.05, 0.1) is 18.9 Å². The average molecular weight is 632 g/mol. The molecule has 2 aromatic rings. The highest BCUT2D eigenvalue weighted by molar-refractivity contribution is 6.01. The Labute approximate surface area is 259 Å². The number of hydrogen-bond acceptors (Lipinski definition) is 6. The van der Waals surface area contributed by atoms with E-state index in [4.69, 9.17) is 0 Å². The maximum absolute atomic E-state index is 13.8. The number of nitrogens with one attached hydrogen (secondary N) is 3. The number of nitrogens with zero attached hydrogens (tertiary/aromatic N) is 2. The number of hydrogen-bond donors (Lipinski definition) is 3. The Hall–Kier alpha value is -3.90. The first-order valence-electron chi connectivity index (χ1n) is 15.7. The monoisotopic (exact) mass is 631 g/mol. The van der Waals surface area contributed by atoms with E-state index in [0.717, 1.165) is 31.2 Å². The van der Waals surface area contributed by atoms with Crippen LogP contribution < -0.4 is 16.0 Å². The molecule has 0 spiro atoms. The van der Waals surface area contributed by atoms with Crippen molar-refractivity contribution in [1.82, 2.24) is 20.4 Å². The Kier molecular flexibility index (Phi) is 9.54. The van der Waals surface area contributed by atoms with Gasteiger partial charge in [0.15, 0.2) is 0 Å². The number of carbonyl (C=O) groups excluding carboxylic acids is 4. The van der Waals surface area contributed by atoms with Crippen molar-refractivity contribution in [3.8, 4) is 0 Å². The number of anilines is 1. The fourth-order valence-corrected chi connectivity index (χ4v) is 6.44. The molecule has 1 aromatic heterocycles. The van der Waals surface area contributed by atoms with Crippen molar-refractivity contribution in [2.75, 3.05) is 11.9 Å². The lowest BCUT2D eigenvalue weighted by atomic mass is 9.88. The molecule has 45 heavy (non-hydrogen) atoms. The number of ether oxygens (including phenoxy) is 1. The zero-order chi connectivity index (χ0) is 32.5. The Morgan fingerprint density at radius 3 is 2.31 bits per heavy atom. The lowest BCUT2D eigenvalue weighted by molar-refractivity contribution is -0.172. The summed E-state index contributed by atoms with van der Waals surface area (Å²) in [5.74, 6) is -2.64. The van der Waals surface area contributed by atoms with Crippen molar-refractivity contribution in [2.45, 2.75) is 95.9 Å². The molecule has 5 rings (SSSR count). The fourth-order valence-electron chi connectivity index (χ4n) is 6.44. The molecule has 0 saturated heterocycles. The lowest BCUT2D eigenvalue weighted by Crippen LogP contribution is -2.50. The van der Waals surface area contributed by atoms with Gasteiger partial charge in [-0.1, -0.05) is 6.07 Å². The third-order valence-electron chi connectivity index (χ3n) is 8.87. The molecule has 3 unspecified atom stereocenters. The Morgan fingerprint density at radius 1 is 1.02 bits per heavy atom. The van der Waals surface area contributed by atoms with Crippen LogP contribution in [-0.4, -0.2) is 58.3 Å². The Bertz CT molecular complexity index is 1420. The van der Waals surface area contributed by atoms with E-state index in [9.17, 15) is 32.3 Å². The number of rotatable bonds is 13. The molecule has 10 nitrogen and oxygen atoms in total. The number of benzene rings is 1. The van der Waals surface area contributed by atoms with Crippen LogP contribution in [0.1, 0.15) is 92.9 Å². The van der Waals surface area contributed by atoms with Crippen LogP contribution in [0.3, 0.4) is 0 Å². The van der Waals surface area contributed by atoms with E-state index in [1.54, 1.807) is 35.1 Å². The summed E-state index contributed by atoms with van der Waals surface area (Å²) in [5.41, 5.74) is 2.17. The number of amides is 3. The van der Waals surface area contributed by atoms with Crippen LogP contribution in [0.15, 0.2) is 30.5 Å². The molecular weight excluding hydrogens is 591 g/mol. The number of fused-ring (bicyclic) bond motifs is 1. The second-order valence-corrected chi connectivity index (χ2v) is 12.6. The van der Waals surface area contributed by atoms with E-state index in [1.165, 1.54) is 6.92 Å². The molecule has 3 atom stereocenters. The highest BCUT2D eigenvalue weighted by Gasteiger charge is 2.49. The predicted molar refractivity (Wildman–Crippen MR) is 158 cm³/mol. The van der Waals surface area contributed by atoms with Gasteiger partial charge in [-0.05, 0) is 106 Å². The summed E-state index contributed by atoms with van der Waals surface area (Å²) in [5, 5.41) is 12.2. The second-order valence-electron chi connectivity index (χ2n) is 12.6. The van der Waals surface area contributed by atoms with Gasteiger partial charge in [0.2, 0.25) is 11.8 Å². The molecule has 0 bridgehead atoms.